The first-order chi connectivity index (χ1) is 19.1. The molecule has 0 amide bonds. The monoisotopic (exact) mass is 548 g/mol. The van der Waals surface area contributed by atoms with Crippen LogP contribution in [0.25, 0.3) is 21.9 Å². The fraction of sp³-hybridized carbons (Fsp3) is 0.229. The van der Waals surface area contributed by atoms with E-state index in [1.807, 2.05) is 60.7 Å². The van der Waals surface area contributed by atoms with E-state index in [9.17, 15) is 9.90 Å². The molecular formula is C35H36O4Si. The molecule has 0 aliphatic heterocycles. The van der Waals surface area contributed by atoms with Crippen molar-refractivity contribution in [3.05, 3.63) is 130 Å². The molecule has 0 radical (unpaired) electrons. The van der Waals surface area contributed by atoms with Gasteiger partial charge in [-0.2, -0.15) is 0 Å². The molecule has 0 saturated carbocycles. The Bertz CT molecular complexity index is 1650. The molecule has 1 unspecified atom stereocenters. The van der Waals surface area contributed by atoms with Crippen LogP contribution in [0, 0.1) is 13.8 Å². The van der Waals surface area contributed by atoms with Gasteiger partial charge in [-0.25, -0.2) is 4.79 Å². The molecule has 0 spiro atoms. The van der Waals surface area contributed by atoms with Crippen LogP contribution in [-0.4, -0.2) is 20.0 Å². The van der Waals surface area contributed by atoms with E-state index in [4.69, 9.17) is 8.84 Å². The maximum atomic E-state index is 13.1. The first-order valence-corrected chi connectivity index (χ1v) is 15.6. The van der Waals surface area contributed by atoms with E-state index in [0.29, 0.717) is 5.39 Å². The Balaban J connectivity index is 1.65. The minimum atomic E-state index is -2.91. The van der Waals surface area contributed by atoms with E-state index in [-0.39, 0.29) is 17.4 Å². The molecule has 5 aromatic rings. The lowest BCUT2D eigenvalue weighted by atomic mass is 9.94. The lowest BCUT2D eigenvalue weighted by Crippen LogP contribution is -2.66. The summed E-state index contributed by atoms with van der Waals surface area (Å²) in [5.41, 5.74) is 3.43. The van der Waals surface area contributed by atoms with Gasteiger partial charge in [0.1, 0.15) is 11.9 Å². The fourth-order valence-corrected chi connectivity index (χ4v) is 10.3. The zero-order chi connectivity index (χ0) is 28.5. The highest BCUT2D eigenvalue weighted by Gasteiger charge is 2.50. The van der Waals surface area contributed by atoms with Crippen LogP contribution in [0.5, 0.6) is 0 Å². The zero-order valence-corrected chi connectivity index (χ0v) is 24.8. The molecule has 1 N–H and O–H groups in total. The molecule has 5 heteroatoms. The third-order valence-corrected chi connectivity index (χ3v) is 12.8. The molecule has 40 heavy (non-hydrogen) atoms. The molecule has 0 aliphatic rings. The summed E-state index contributed by atoms with van der Waals surface area (Å²) in [7, 11) is -2.91. The second kappa shape index (κ2) is 11.0. The predicted octanol–water partition coefficient (Wildman–Crippen LogP) is 6.69. The highest BCUT2D eigenvalue weighted by atomic mass is 28.4. The molecular weight excluding hydrogens is 512 g/mol. The second-order valence-corrected chi connectivity index (χ2v) is 15.8. The number of aliphatic hydroxyl groups is 1. The molecule has 1 aromatic heterocycles. The maximum Gasteiger partial charge on any atom is 0.343 e. The second-order valence-electron chi connectivity index (χ2n) is 11.5. The summed E-state index contributed by atoms with van der Waals surface area (Å²) >= 11 is 0. The average Bonchev–Trinajstić information content (AvgIpc) is 2.95. The summed E-state index contributed by atoms with van der Waals surface area (Å²) in [6, 6.07) is 34.2. The van der Waals surface area contributed by atoms with E-state index < -0.39 is 20.0 Å². The SMILES string of the molecule is Cc1ccc(-c2c(C(O)CO[Si](c3ccccc3)(c3ccccc3)C(C)(C)C)oc(=O)c3ccccc23)cc1C. The summed E-state index contributed by atoms with van der Waals surface area (Å²) in [6.07, 6.45) is -1.16. The minimum absolute atomic E-state index is 0.0214. The first-order valence-electron chi connectivity index (χ1n) is 13.7. The van der Waals surface area contributed by atoms with E-state index in [1.54, 1.807) is 6.07 Å². The van der Waals surface area contributed by atoms with Crippen molar-refractivity contribution < 1.29 is 13.9 Å². The fourth-order valence-electron chi connectivity index (χ4n) is 5.69. The number of aryl methyl sites for hydroxylation is 2. The standard InChI is InChI=1S/C35H36O4Si/c1-24-20-21-26(22-25(24)2)32-29-18-12-13-19-30(29)34(37)39-33(32)31(36)23-38-40(35(3,4)5,27-14-8-6-9-15-27)28-16-10-7-11-17-28/h6-22,31,36H,23H2,1-5H3. The minimum Gasteiger partial charge on any atom is -0.424 e. The number of rotatable bonds is 7. The van der Waals surface area contributed by atoms with Gasteiger partial charge >= 0.3 is 5.63 Å². The molecule has 204 valence electrons. The summed E-state index contributed by atoms with van der Waals surface area (Å²) in [4.78, 5) is 13.1. The van der Waals surface area contributed by atoms with Gasteiger partial charge in [0.05, 0.1) is 12.0 Å². The Hall–Kier alpha value is -3.77. The van der Waals surface area contributed by atoms with Gasteiger partial charge in [0.15, 0.2) is 0 Å². The number of benzene rings is 4. The molecule has 0 bridgehead atoms. The number of hydrogen-bond acceptors (Lipinski definition) is 4. The van der Waals surface area contributed by atoms with Crippen LogP contribution in [0.15, 0.2) is 112 Å². The lowest BCUT2D eigenvalue weighted by Gasteiger charge is -2.43. The topological polar surface area (TPSA) is 59.7 Å². The van der Waals surface area contributed by atoms with Crippen molar-refractivity contribution in [3.8, 4) is 11.1 Å². The molecule has 1 atom stereocenters. The lowest BCUT2D eigenvalue weighted by molar-refractivity contribution is 0.0825. The molecule has 0 fully saturated rings. The van der Waals surface area contributed by atoms with Crippen molar-refractivity contribution in [2.24, 2.45) is 0 Å². The van der Waals surface area contributed by atoms with Crippen LogP contribution in [0.4, 0.5) is 0 Å². The van der Waals surface area contributed by atoms with Gasteiger partial charge in [-0.15, -0.1) is 0 Å². The van der Waals surface area contributed by atoms with Gasteiger partial charge in [0.25, 0.3) is 8.32 Å². The van der Waals surface area contributed by atoms with E-state index in [0.717, 1.165) is 32.5 Å². The van der Waals surface area contributed by atoms with E-state index in [2.05, 4.69) is 71.0 Å². The van der Waals surface area contributed by atoms with Gasteiger partial charge in [-0.3, -0.25) is 0 Å². The third-order valence-electron chi connectivity index (χ3n) is 7.84. The summed E-state index contributed by atoms with van der Waals surface area (Å²) < 4.78 is 12.9. The zero-order valence-electron chi connectivity index (χ0n) is 23.8. The van der Waals surface area contributed by atoms with Crippen LogP contribution in [0.1, 0.15) is 43.8 Å². The third kappa shape index (κ3) is 4.97. The normalized spacial score (nSPS) is 12.9. The average molecular weight is 549 g/mol. The molecule has 0 aliphatic carbocycles. The Kier molecular flexibility index (Phi) is 7.65. The number of fused-ring (bicyclic) bond motifs is 1. The van der Waals surface area contributed by atoms with Gasteiger partial charge in [0.2, 0.25) is 0 Å². The van der Waals surface area contributed by atoms with Crippen LogP contribution >= 0.6 is 0 Å². The molecule has 4 nitrogen and oxygen atoms in total. The van der Waals surface area contributed by atoms with Crippen molar-refractivity contribution in [3.63, 3.8) is 0 Å². The van der Waals surface area contributed by atoms with Gasteiger partial charge in [-0.05, 0) is 52.0 Å². The highest BCUT2D eigenvalue weighted by molar-refractivity contribution is 6.99. The maximum absolute atomic E-state index is 13.1. The van der Waals surface area contributed by atoms with Gasteiger partial charge in [0, 0.05) is 10.9 Å². The van der Waals surface area contributed by atoms with E-state index in [1.165, 1.54) is 5.56 Å². The highest BCUT2D eigenvalue weighted by Crippen LogP contribution is 2.39. The van der Waals surface area contributed by atoms with Crippen molar-refractivity contribution in [1.82, 2.24) is 0 Å². The van der Waals surface area contributed by atoms with Crippen molar-refractivity contribution in [1.29, 1.82) is 0 Å². The van der Waals surface area contributed by atoms with Gasteiger partial charge in [-0.1, -0.05) is 118 Å². The first kappa shape index (κ1) is 27.8. The van der Waals surface area contributed by atoms with Crippen LogP contribution < -0.4 is 16.0 Å². The van der Waals surface area contributed by atoms with Crippen molar-refractivity contribution >= 4 is 29.5 Å². The van der Waals surface area contributed by atoms with Crippen LogP contribution in [-0.2, 0) is 4.43 Å². The molecule has 0 saturated heterocycles. The molecule has 5 rings (SSSR count). The van der Waals surface area contributed by atoms with Gasteiger partial charge < -0.3 is 13.9 Å². The summed E-state index contributed by atoms with van der Waals surface area (Å²) in [5, 5.41) is 15.0. The quantitative estimate of drug-likeness (QED) is 0.230. The number of hydrogen-bond donors (Lipinski definition) is 1. The largest absolute Gasteiger partial charge is 0.424 e. The Morgan fingerprint density at radius 1 is 0.775 bits per heavy atom. The summed E-state index contributed by atoms with van der Waals surface area (Å²) in [6.45, 7) is 10.7. The van der Waals surface area contributed by atoms with Crippen molar-refractivity contribution in [2.75, 3.05) is 6.61 Å². The Morgan fingerprint density at radius 2 is 1.32 bits per heavy atom. The van der Waals surface area contributed by atoms with Crippen molar-refractivity contribution in [2.45, 2.75) is 45.8 Å². The molecule has 1 heterocycles. The van der Waals surface area contributed by atoms with E-state index >= 15 is 0 Å². The van der Waals surface area contributed by atoms with Crippen LogP contribution in [0.3, 0.4) is 0 Å². The van der Waals surface area contributed by atoms with Crippen LogP contribution in [0.2, 0.25) is 5.04 Å². The Morgan fingerprint density at radius 3 is 1.88 bits per heavy atom. The Labute approximate surface area is 237 Å². The number of aliphatic hydroxyl groups excluding tert-OH is 1. The molecule has 4 aromatic carbocycles. The predicted molar refractivity (Wildman–Crippen MR) is 166 cm³/mol. The smallest absolute Gasteiger partial charge is 0.343 e. The summed E-state index contributed by atoms with van der Waals surface area (Å²) in [5.74, 6) is 0.227.